The highest BCUT2D eigenvalue weighted by Crippen LogP contribution is 2.23. The van der Waals surface area contributed by atoms with Crippen LogP contribution < -0.4 is 11.1 Å². The lowest BCUT2D eigenvalue weighted by atomic mass is 9.85. The summed E-state index contributed by atoms with van der Waals surface area (Å²) < 4.78 is 0. The molecule has 1 saturated carbocycles. The first kappa shape index (κ1) is 22.3. The van der Waals surface area contributed by atoms with Crippen molar-refractivity contribution in [1.29, 1.82) is 0 Å². The number of hydrogen-bond donors (Lipinski definition) is 2. The van der Waals surface area contributed by atoms with Crippen molar-refractivity contribution in [3.05, 3.63) is 0 Å². The molecule has 0 spiro atoms. The molecule has 122 valence electrons. The van der Waals surface area contributed by atoms with Gasteiger partial charge in [-0.1, -0.05) is 20.3 Å². The Kier molecular flexibility index (Phi) is 12.9. The predicted octanol–water partition coefficient (Wildman–Crippen LogP) is 2.19. The molecule has 0 aromatic rings. The third-order valence-electron chi connectivity index (χ3n) is 3.90. The molecule has 6 heteroatoms. The number of amides is 1. The molecule has 0 radical (unpaired) electrons. The topological polar surface area (TPSA) is 58.4 Å². The molecule has 0 aromatic carbocycles. The van der Waals surface area contributed by atoms with Gasteiger partial charge < -0.3 is 16.0 Å². The Morgan fingerprint density at radius 1 is 1.30 bits per heavy atom. The van der Waals surface area contributed by atoms with Gasteiger partial charge >= 0.3 is 0 Å². The average Bonchev–Trinajstić information content (AvgIpc) is 2.35. The van der Waals surface area contributed by atoms with Crippen LogP contribution in [0.3, 0.4) is 0 Å². The summed E-state index contributed by atoms with van der Waals surface area (Å²) in [5, 5.41) is 3.13. The molecule has 0 heterocycles. The summed E-state index contributed by atoms with van der Waals surface area (Å²) in [7, 11) is 0. The van der Waals surface area contributed by atoms with Crippen molar-refractivity contribution >= 4 is 30.7 Å². The maximum atomic E-state index is 12.1. The number of nitrogens with two attached hydrogens (primary N) is 1. The minimum Gasteiger partial charge on any atom is -0.352 e. The van der Waals surface area contributed by atoms with E-state index in [4.69, 9.17) is 5.73 Å². The second kappa shape index (κ2) is 11.6. The number of nitrogens with one attached hydrogen (secondary N) is 1. The molecule has 0 aliphatic heterocycles. The van der Waals surface area contributed by atoms with E-state index in [1.165, 1.54) is 0 Å². The molecule has 1 aliphatic rings. The Morgan fingerprint density at radius 3 is 2.40 bits per heavy atom. The van der Waals surface area contributed by atoms with Crippen LogP contribution >= 0.6 is 24.8 Å². The van der Waals surface area contributed by atoms with Gasteiger partial charge in [0.15, 0.2) is 0 Å². The van der Waals surface area contributed by atoms with Crippen LogP contribution in [0.15, 0.2) is 0 Å². The van der Waals surface area contributed by atoms with Gasteiger partial charge in [-0.05, 0) is 39.3 Å². The molecular formula is C14H31Cl2N3O. The summed E-state index contributed by atoms with van der Waals surface area (Å²) in [5.41, 5.74) is 5.93. The lowest BCUT2D eigenvalue weighted by Gasteiger charge is -2.28. The third-order valence-corrected chi connectivity index (χ3v) is 3.90. The Morgan fingerprint density at radius 2 is 1.90 bits per heavy atom. The van der Waals surface area contributed by atoms with Gasteiger partial charge in [0.1, 0.15) is 0 Å². The highest BCUT2D eigenvalue weighted by molar-refractivity contribution is 5.85. The highest BCUT2D eigenvalue weighted by atomic mass is 35.5. The number of rotatable bonds is 6. The highest BCUT2D eigenvalue weighted by Gasteiger charge is 2.26. The van der Waals surface area contributed by atoms with Gasteiger partial charge in [0.25, 0.3) is 0 Å². The Bertz CT molecular complexity index is 263. The summed E-state index contributed by atoms with van der Waals surface area (Å²) >= 11 is 0. The largest absolute Gasteiger partial charge is 0.352 e. The van der Waals surface area contributed by atoms with Crippen molar-refractivity contribution in [3.8, 4) is 0 Å². The van der Waals surface area contributed by atoms with Crippen molar-refractivity contribution in [2.24, 2.45) is 11.7 Å². The van der Waals surface area contributed by atoms with Crippen LogP contribution in [-0.2, 0) is 4.79 Å². The molecule has 1 amide bonds. The maximum absolute atomic E-state index is 12.1. The summed E-state index contributed by atoms with van der Waals surface area (Å²) in [5.74, 6) is 0.331. The molecule has 0 bridgehead atoms. The van der Waals surface area contributed by atoms with Gasteiger partial charge in [0, 0.05) is 24.5 Å². The molecular weight excluding hydrogens is 297 g/mol. The summed E-state index contributed by atoms with van der Waals surface area (Å²) in [6.07, 6.45) is 4.00. The molecule has 3 N–H and O–H groups in total. The van der Waals surface area contributed by atoms with E-state index in [9.17, 15) is 4.79 Å². The Balaban J connectivity index is 0. The van der Waals surface area contributed by atoms with Crippen LogP contribution in [0.5, 0.6) is 0 Å². The zero-order chi connectivity index (χ0) is 13.5. The van der Waals surface area contributed by atoms with Crippen LogP contribution in [0.1, 0.15) is 46.5 Å². The number of carbonyl (C=O) groups is 1. The Hall–Kier alpha value is -0.0300. The second-order valence-corrected chi connectivity index (χ2v) is 5.52. The molecule has 0 aromatic heterocycles. The first-order valence-corrected chi connectivity index (χ1v) is 7.35. The van der Waals surface area contributed by atoms with E-state index in [1.54, 1.807) is 0 Å². The van der Waals surface area contributed by atoms with E-state index in [-0.39, 0.29) is 48.7 Å². The third kappa shape index (κ3) is 7.67. The average molecular weight is 328 g/mol. The fourth-order valence-electron chi connectivity index (χ4n) is 2.74. The molecule has 1 fully saturated rings. The van der Waals surface area contributed by atoms with Crippen LogP contribution in [0.4, 0.5) is 0 Å². The van der Waals surface area contributed by atoms with Gasteiger partial charge in [0.05, 0.1) is 0 Å². The van der Waals surface area contributed by atoms with Crippen LogP contribution in [0.2, 0.25) is 0 Å². The SMILES string of the molecule is CCN(CC)CC(C)NC(=O)C1CCCC(N)C1.Cl.Cl. The van der Waals surface area contributed by atoms with Crippen molar-refractivity contribution in [2.45, 2.75) is 58.5 Å². The molecule has 1 aliphatic carbocycles. The minimum atomic E-state index is 0. The van der Waals surface area contributed by atoms with Crippen molar-refractivity contribution in [1.82, 2.24) is 10.2 Å². The zero-order valence-electron chi connectivity index (χ0n) is 12.9. The van der Waals surface area contributed by atoms with E-state index in [2.05, 4.69) is 31.0 Å². The molecule has 20 heavy (non-hydrogen) atoms. The molecule has 1 rings (SSSR count). The number of carbonyl (C=O) groups excluding carboxylic acids is 1. The van der Waals surface area contributed by atoms with E-state index in [0.717, 1.165) is 45.3 Å². The standard InChI is InChI=1S/C14H29N3O.2ClH/c1-4-17(5-2)10-11(3)16-14(18)12-7-6-8-13(15)9-12;;/h11-13H,4-10,15H2,1-3H3,(H,16,18);2*1H. The smallest absolute Gasteiger partial charge is 0.223 e. The lowest BCUT2D eigenvalue weighted by Crippen LogP contribution is -2.45. The van der Waals surface area contributed by atoms with E-state index >= 15 is 0 Å². The predicted molar refractivity (Wildman–Crippen MR) is 89.8 cm³/mol. The first-order chi connectivity index (χ1) is 8.56. The monoisotopic (exact) mass is 327 g/mol. The number of hydrogen-bond acceptors (Lipinski definition) is 3. The van der Waals surface area contributed by atoms with Crippen LogP contribution in [0, 0.1) is 5.92 Å². The van der Waals surface area contributed by atoms with Crippen LogP contribution in [0.25, 0.3) is 0 Å². The molecule has 3 atom stereocenters. The van der Waals surface area contributed by atoms with E-state index in [0.29, 0.717) is 0 Å². The van der Waals surface area contributed by atoms with Gasteiger partial charge in [-0.15, -0.1) is 24.8 Å². The van der Waals surface area contributed by atoms with Crippen molar-refractivity contribution < 1.29 is 4.79 Å². The normalized spacial score (nSPS) is 23.4. The summed E-state index contributed by atoms with van der Waals surface area (Å²) in [4.78, 5) is 14.5. The molecule has 4 nitrogen and oxygen atoms in total. The Labute approximate surface area is 136 Å². The summed E-state index contributed by atoms with van der Waals surface area (Å²) in [6.45, 7) is 9.38. The first-order valence-electron chi connectivity index (χ1n) is 7.35. The van der Waals surface area contributed by atoms with Crippen LogP contribution in [-0.4, -0.2) is 42.5 Å². The van der Waals surface area contributed by atoms with E-state index < -0.39 is 0 Å². The second-order valence-electron chi connectivity index (χ2n) is 5.52. The minimum absolute atomic E-state index is 0. The summed E-state index contributed by atoms with van der Waals surface area (Å²) in [6, 6.07) is 0.433. The van der Waals surface area contributed by atoms with E-state index in [1.807, 2.05) is 0 Å². The van der Waals surface area contributed by atoms with Crippen molar-refractivity contribution in [3.63, 3.8) is 0 Å². The molecule has 3 unspecified atom stereocenters. The lowest BCUT2D eigenvalue weighted by molar-refractivity contribution is -0.126. The molecule has 0 saturated heterocycles. The fraction of sp³-hybridized carbons (Fsp3) is 0.929. The maximum Gasteiger partial charge on any atom is 0.223 e. The number of halogens is 2. The quantitative estimate of drug-likeness (QED) is 0.786. The number of nitrogens with zero attached hydrogens (tertiary/aromatic N) is 1. The van der Waals surface area contributed by atoms with Gasteiger partial charge in [0.2, 0.25) is 5.91 Å². The van der Waals surface area contributed by atoms with Crippen molar-refractivity contribution in [2.75, 3.05) is 19.6 Å². The zero-order valence-corrected chi connectivity index (χ0v) is 14.6. The van der Waals surface area contributed by atoms with Gasteiger partial charge in [-0.3, -0.25) is 4.79 Å². The van der Waals surface area contributed by atoms with Gasteiger partial charge in [-0.2, -0.15) is 0 Å². The fourth-order valence-corrected chi connectivity index (χ4v) is 2.74. The number of likely N-dealkylation sites (N-methyl/N-ethyl adjacent to an activating group) is 1. The van der Waals surface area contributed by atoms with Gasteiger partial charge in [-0.25, -0.2) is 0 Å².